The number of hydrogen-bond acceptors (Lipinski definition) is 3. The zero-order valence-corrected chi connectivity index (χ0v) is 29.6. The summed E-state index contributed by atoms with van der Waals surface area (Å²) in [6.07, 6.45) is 0. The zero-order valence-electron chi connectivity index (χ0n) is 29.6. The predicted molar refractivity (Wildman–Crippen MR) is 230 cm³/mol. The van der Waals surface area contributed by atoms with Crippen LogP contribution in [0.15, 0.2) is 182 Å². The fourth-order valence-corrected chi connectivity index (χ4v) is 8.85. The van der Waals surface area contributed by atoms with Crippen LogP contribution in [0, 0.1) is 0 Å². The average molecular weight is 699 g/mol. The van der Waals surface area contributed by atoms with E-state index in [0.29, 0.717) is 17.6 Å². The van der Waals surface area contributed by atoms with Gasteiger partial charge in [-0.05, 0) is 77.4 Å². The fraction of sp³-hybridized carbons (Fsp3) is 0. The maximum Gasteiger partial charge on any atom is 0.238 e. The van der Waals surface area contributed by atoms with E-state index in [1.54, 1.807) is 0 Å². The Bertz CT molecular complexity index is 3540. The molecule has 0 spiro atoms. The first-order valence-electron chi connectivity index (χ1n) is 18.7. The summed E-state index contributed by atoms with van der Waals surface area (Å²) in [7, 11) is 0. The maximum absolute atomic E-state index is 5.34. The van der Waals surface area contributed by atoms with Crippen molar-refractivity contribution in [1.29, 1.82) is 0 Å². The minimum absolute atomic E-state index is 0.587. The van der Waals surface area contributed by atoms with Gasteiger partial charge >= 0.3 is 0 Å². The third kappa shape index (κ3) is 4.49. The van der Waals surface area contributed by atoms with Crippen molar-refractivity contribution in [1.82, 2.24) is 19.5 Å². The van der Waals surface area contributed by atoms with Crippen LogP contribution in [0.4, 0.5) is 0 Å². The van der Waals surface area contributed by atoms with Crippen LogP contribution >= 0.6 is 0 Å². The van der Waals surface area contributed by atoms with E-state index in [1.807, 2.05) is 18.2 Å². The summed E-state index contributed by atoms with van der Waals surface area (Å²) in [5.41, 5.74) is 3.99. The molecule has 55 heavy (non-hydrogen) atoms. The smallest absolute Gasteiger partial charge is 0.238 e. The highest BCUT2D eigenvalue weighted by Crippen LogP contribution is 2.42. The molecule has 4 nitrogen and oxygen atoms in total. The average Bonchev–Trinajstić information content (AvgIpc) is 3.60. The van der Waals surface area contributed by atoms with Gasteiger partial charge in [0.25, 0.3) is 0 Å². The van der Waals surface area contributed by atoms with Crippen molar-refractivity contribution in [2.75, 3.05) is 0 Å². The third-order valence-electron chi connectivity index (χ3n) is 11.4. The van der Waals surface area contributed by atoms with E-state index >= 15 is 0 Å². The number of aromatic nitrogens is 4. The van der Waals surface area contributed by atoms with E-state index in [4.69, 9.17) is 15.0 Å². The normalized spacial score (nSPS) is 12.0. The van der Waals surface area contributed by atoms with Crippen LogP contribution in [0.5, 0.6) is 0 Å². The van der Waals surface area contributed by atoms with E-state index in [9.17, 15) is 0 Å². The van der Waals surface area contributed by atoms with Gasteiger partial charge < -0.3 is 0 Å². The van der Waals surface area contributed by atoms with Crippen molar-refractivity contribution in [2.24, 2.45) is 0 Å². The predicted octanol–water partition coefficient (Wildman–Crippen LogP) is 13.2. The van der Waals surface area contributed by atoms with Crippen LogP contribution in [0.1, 0.15) is 0 Å². The summed E-state index contributed by atoms with van der Waals surface area (Å²) < 4.78 is 2.23. The van der Waals surface area contributed by atoms with E-state index < -0.39 is 0 Å². The molecule has 4 heteroatoms. The fourth-order valence-electron chi connectivity index (χ4n) is 8.85. The molecule has 0 radical (unpaired) electrons. The van der Waals surface area contributed by atoms with E-state index in [-0.39, 0.29) is 0 Å². The zero-order chi connectivity index (χ0) is 36.0. The number of rotatable bonds is 3. The SMILES string of the molecule is c1ccc(-c2nc(-c3ccc4ccc5c6ccccc6ccc5c4c3)nc(-n3c4ccccc4c4c5c(ccc6ccc7ccccc7c65)ccc43)n2)cc1. The van der Waals surface area contributed by atoms with Crippen molar-refractivity contribution in [3.8, 4) is 28.7 Å². The van der Waals surface area contributed by atoms with Gasteiger partial charge in [0.1, 0.15) is 0 Å². The Hall–Kier alpha value is -7.43. The summed E-state index contributed by atoms with van der Waals surface area (Å²) in [6.45, 7) is 0. The number of benzene rings is 10. The van der Waals surface area contributed by atoms with Gasteiger partial charge in [0, 0.05) is 27.3 Å². The first-order valence-corrected chi connectivity index (χ1v) is 18.7. The Kier molecular flexibility index (Phi) is 6.31. The van der Waals surface area contributed by atoms with Gasteiger partial charge in [-0.2, -0.15) is 9.97 Å². The molecule has 10 aromatic carbocycles. The standard InChI is InChI=1S/C51H30N4/c1-2-12-36(13-3-1)49-52-50(37-23-19-33-25-27-40-38-14-6-4-10-31(38)24-28-41(40)43(33)30-37)54-51(53-49)55-44-17-9-8-16-42(44)48-45(55)29-26-35-22-21-34-20-18-32-11-5-7-15-39(32)46(34)47(35)48/h1-30H. The van der Waals surface area contributed by atoms with Crippen molar-refractivity contribution < 1.29 is 0 Å². The first kappa shape index (κ1) is 30.1. The highest BCUT2D eigenvalue weighted by molar-refractivity contribution is 6.32. The lowest BCUT2D eigenvalue weighted by Crippen LogP contribution is -2.06. The molecule has 0 saturated heterocycles. The summed E-state index contributed by atoms with van der Waals surface area (Å²) in [5.74, 6) is 1.85. The Balaban J connectivity index is 1.16. The molecular weight excluding hydrogens is 669 g/mol. The van der Waals surface area contributed by atoms with Crippen molar-refractivity contribution in [3.63, 3.8) is 0 Å². The Morgan fingerprint density at radius 1 is 0.291 bits per heavy atom. The van der Waals surface area contributed by atoms with E-state index in [1.165, 1.54) is 70.0 Å². The molecule has 2 heterocycles. The molecule has 0 bridgehead atoms. The molecule has 0 aliphatic carbocycles. The second-order valence-electron chi connectivity index (χ2n) is 14.4. The van der Waals surface area contributed by atoms with Gasteiger partial charge in [-0.3, -0.25) is 4.57 Å². The van der Waals surface area contributed by atoms with Crippen molar-refractivity contribution in [2.45, 2.75) is 0 Å². The van der Waals surface area contributed by atoms with Gasteiger partial charge in [0.05, 0.1) is 11.0 Å². The minimum atomic E-state index is 0.587. The Morgan fingerprint density at radius 3 is 1.64 bits per heavy atom. The molecule has 0 fully saturated rings. The van der Waals surface area contributed by atoms with Crippen molar-refractivity contribution in [3.05, 3.63) is 182 Å². The molecular formula is C51H30N4. The number of hydrogen-bond donors (Lipinski definition) is 0. The number of para-hydroxylation sites is 1. The van der Waals surface area contributed by atoms with Crippen LogP contribution in [0.25, 0.3) is 115 Å². The molecule has 0 aliphatic rings. The lowest BCUT2D eigenvalue weighted by molar-refractivity contribution is 0.954. The molecule has 0 atom stereocenters. The minimum Gasteiger partial charge on any atom is -0.278 e. The Labute approximate surface area is 315 Å². The lowest BCUT2D eigenvalue weighted by atomic mass is 9.94. The summed E-state index contributed by atoms with van der Waals surface area (Å²) in [5, 5.41) is 17.1. The van der Waals surface area contributed by atoms with Crippen LogP contribution in [-0.4, -0.2) is 19.5 Å². The summed E-state index contributed by atoms with van der Waals surface area (Å²) in [4.78, 5) is 15.8. The van der Waals surface area contributed by atoms with Crippen LogP contribution < -0.4 is 0 Å². The molecule has 2 aromatic heterocycles. The van der Waals surface area contributed by atoms with Crippen molar-refractivity contribution >= 4 is 86.4 Å². The van der Waals surface area contributed by atoms with Gasteiger partial charge in [-0.25, -0.2) is 4.98 Å². The molecule has 254 valence electrons. The van der Waals surface area contributed by atoms with Gasteiger partial charge in [0.15, 0.2) is 11.6 Å². The topological polar surface area (TPSA) is 43.6 Å². The molecule has 12 aromatic rings. The quantitative estimate of drug-likeness (QED) is 0.173. The van der Waals surface area contributed by atoms with E-state index in [2.05, 4.69) is 168 Å². The summed E-state index contributed by atoms with van der Waals surface area (Å²) >= 11 is 0. The van der Waals surface area contributed by atoms with Crippen LogP contribution in [-0.2, 0) is 0 Å². The van der Waals surface area contributed by atoms with Crippen LogP contribution in [0.2, 0.25) is 0 Å². The molecule has 0 saturated carbocycles. The highest BCUT2D eigenvalue weighted by Gasteiger charge is 2.21. The molecule has 0 unspecified atom stereocenters. The summed E-state index contributed by atoms with van der Waals surface area (Å²) in [6, 6.07) is 65.1. The lowest BCUT2D eigenvalue weighted by Gasteiger charge is -2.13. The van der Waals surface area contributed by atoms with Gasteiger partial charge in [-0.1, -0.05) is 164 Å². The molecule has 0 aliphatic heterocycles. The monoisotopic (exact) mass is 698 g/mol. The number of nitrogens with zero attached hydrogens (tertiary/aromatic N) is 4. The first-order chi connectivity index (χ1) is 27.3. The third-order valence-corrected chi connectivity index (χ3v) is 11.4. The van der Waals surface area contributed by atoms with Gasteiger partial charge in [0.2, 0.25) is 5.95 Å². The maximum atomic E-state index is 5.34. The van der Waals surface area contributed by atoms with Crippen LogP contribution in [0.3, 0.4) is 0 Å². The largest absolute Gasteiger partial charge is 0.278 e. The van der Waals surface area contributed by atoms with Gasteiger partial charge in [-0.15, -0.1) is 0 Å². The molecule has 0 N–H and O–H groups in total. The highest BCUT2D eigenvalue weighted by atomic mass is 15.2. The molecule has 0 amide bonds. The molecule has 12 rings (SSSR count). The second kappa shape index (κ2) is 11.5. The number of fused-ring (bicyclic) bond motifs is 14. The van der Waals surface area contributed by atoms with E-state index in [0.717, 1.165) is 27.5 Å². The Morgan fingerprint density at radius 2 is 0.836 bits per heavy atom. The second-order valence-corrected chi connectivity index (χ2v) is 14.4.